The van der Waals surface area contributed by atoms with E-state index in [1.54, 1.807) is 31.4 Å². The normalized spacial score (nSPS) is 14.2. The highest BCUT2D eigenvalue weighted by Crippen LogP contribution is 2.40. The fraction of sp³-hybridized carbons (Fsp3) is 0.375. The van der Waals surface area contributed by atoms with Crippen LogP contribution in [0, 0.1) is 0 Å². The fourth-order valence-corrected chi connectivity index (χ4v) is 4.40. The molecule has 1 fully saturated rings. The summed E-state index contributed by atoms with van der Waals surface area (Å²) in [6, 6.07) is 7.21. The Morgan fingerprint density at radius 1 is 1.03 bits per heavy atom. The highest BCUT2D eigenvalue weighted by molar-refractivity contribution is 6.33. The standard InChI is InChI=1S/C24H25ClN2O6/c1-30-15-9-10-17-13(11-15)12-16(21(25)27-17)20-18(23(28)31-2)19(24(29)32-3)22(33-20)26-14-7-5-4-6-8-14/h9-12,14,26H,4-8H2,1-3H3. The molecule has 1 aliphatic rings. The molecule has 1 saturated carbocycles. The first-order valence-electron chi connectivity index (χ1n) is 10.7. The van der Waals surface area contributed by atoms with Crippen molar-refractivity contribution in [1.82, 2.24) is 4.98 Å². The Labute approximate surface area is 196 Å². The lowest BCUT2D eigenvalue weighted by Crippen LogP contribution is -2.23. The lowest BCUT2D eigenvalue weighted by Gasteiger charge is -2.22. The number of carbonyl (C=O) groups excluding carboxylic acids is 2. The summed E-state index contributed by atoms with van der Waals surface area (Å²) < 4.78 is 21.4. The molecule has 1 aromatic carbocycles. The number of fused-ring (bicyclic) bond motifs is 1. The van der Waals surface area contributed by atoms with Crippen molar-refractivity contribution in [2.75, 3.05) is 26.6 Å². The van der Waals surface area contributed by atoms with Crippen LogP contribution < -0.4 is 10.1 Å². The molecule has 0 radical (unpaired) electrons. The molecule has 8 nitrogen and oxygen atoms in total. The molecule has 0 aliphatic heterocycles. The van der Waals surface area contributed by atoms with Crippen LogP contribution in [0.5, 0.6) is 5.75 Å². The Morgan fingerprint density at radius 3 is 2.39 bits per heavy atom. The Hall–Kier alpha value is -3.26. The predicted octanol–water partition coefficient (Wildman–Crippen LogP) is 5.47. The Balaban J connectivity index is 1.92. The summed E-state index contributed by atoms with van der Waals surface area (Å²) in [5.41, 5.74) is 0.907. The Bertz CT molecular complexity index is 1200. The van der Waals surface area contributed by atoms with Crippen molar-refractivity contribution in [3.8, 4) is 17.1 Å². The fourth-order valence-electron chi connectivity index (χ4n) is 4.17. The van der Waals surface area contributed by atoms with E-state index in [-0.39, 0.29) is 34.0 Å². The third-order valence-electron chi connectivity index (χ3n) is 5.85. The van der Waals surface area contributed by atoms with Crippen LogP contribution in [0.1, 0.15) is 52.8 Å². The number of hydrogen-bond acceptors (Lipinski definition) is 8. The lowest BCUT2D eigenvalue weighted by molar-refractivity contribution is 0.0558. The van der Waals surface area contributed by atoms with Crippen molar-refractivity contribution in [1.29, 1.82) is 0 Å². The number of aromatic nitrogens is 1. The number of hydrogen-bond donors (Lipinski definition) is 1. The van der Waals surface area contributed by atoms with Gasteiger partial charge in [-0.2, -0.15) is 0 Å². The van der Waals surface area contributed by atoms with Crippen molar-refractivity contribution < 1.29 is 28.2 Å². The number of furan rings is 1. The van der Waals surface area contributed by atoms with E-state index in [4.69, 9.17) is 30.2 Å². The first-order valence-corrected chi connectivity index (χ1v) is 11.1. The average Bonchev–Trinajstić information content (AvgIpc) is 3.21. The number of benzene rings is 1. The van der Waals surface area contributed by atoms with Gasteiger partial charge in [-0.25, -0.2) is 14.6 Å². The third-order valence-corrected chi connectivity index (χ3v) is 6.14. The van der Waals surface area contributed by atoms with Gasteiger partial charge in [-0.1, -0.05) is 30.9 Å². The lowest BCUT2D eigenvalue weighted by atomic mass is 9.95. The summed E-state index contributed by atoms with van der Waals surface area (Å²) in [4.78, 5) is 30.0. The van der Waals surface area contributed by atoms with Crippen LogP contribution in [0.15, 0.2) is 28.7 Å². The van der Waals surface area contributed by atoms with E-state index in [1.807, 2.05) is 0 Å². The largest absolute Gasteiger partial charge is 0.497 e. The number of pyridine rings is 1. The van der Waals surface area contributed by atoms with Crippen LogP contribution in [0.2, 0.25) is 5.15 Å². The highest BCUT2D eigenvalue weighted by Gasteiger charge is 2.34. The van der Waals surface area contributed by atoms with Crippen molar-refractivity contribution in [3.05, 3.63) is 40.5 Å². The van der Waals surface area contributed by atoms with Gasteiger partial charge in [0.05, 0.1) is 32.4 Å². The SMILES string of the molecule is COC(=O)c1c(NC2CCCCC2)oc(-c2cc3cc(OC)ccc3nc2Cl)c1C(=O)OC. The first kappa shape index (κ1) is 22.9. The summed E-state index contributed by atoms with van der Waals surface area (Å²) in [5, 5.41) is 4.13. The molecule has 0 atom stereocenters. The van der Waals surface area contributed by atoms with Gasteiger partial charge >= 0.3 is 11.9 Å². The second kappa shape index (κ2) is 9.70. The van der Waals surface area contributed by atoms with Gasteiger partial charge in [-0.15, -0.1) is 0 Å². The second-order valence-corrected chi connectivity index (χ2v) is 8.22. The summed E-state index contributed by atoms with van der Waals surface area (Å²) in [7, 11) is 4.05. The monoisotopic (exact) mass is 472 g/mol. The number of carbonyl (C=O) groups is 2. The van der Waals surface area contributed by atoms with E-state index in [0.717, 1.165) is 31.1 Å². The second-order valence-electron chi connectivity index (χ2n) is 7.86. The van der Waals surface area contributed by atoms with E-state index in [9.17, 15) is 9.59 Å². The van der Waals surface area contributed by atoms with Crippen LogP contribution in [0.4, 0.5) is 5.88 Å². The van der Waals surface area contributed by atoms with Crippen LogP contribution in [0.3, 0.4) is 0 Å². The zero-order valence-corrected chi connectivity index (χ0v) is 19.5. The predicted molar refractivity (Wildman–Crippen MR) is 124 cm³/mol. The summed E-state index contributed by atoms with van der Waals surface area (Å²) in [6.07, 6.45) is 5.18. The maximum absolute atomic E-state index is 12.8. The number of anilines is 1. The van der Waals surface area contributed by atoms with Gasteiger partial charge in [-0.3, -0.25) is 0 Å². The maximum atomic E-state index is 12.8. The van der Waals surface area contributed by atoms with Crippen LogP contribution in [-0.2, 0) is 9.47 Å². The number of ether oxygens (including phenoxy) is 3. The molecule has 2 heterocycles. The van der Waals surface area contributed by atoms with Crippen molar-refractivity contribution in [2.45, 2.75) is 38.1 Å². The van der Waals surface area contributed by atoms with Gasteiger partial charge in [0.2, 0.25) is 5.88 Å². The van der Waals surface area contributed by atoms with E-state index in [0.29, 0.717) is 16.8 Å². The molecular weight excluding hydrogens is 448 g/mol. The Kier molecular flexibility index (Phi) is 6.74. The molecule has 174 valence electrons. The van der Waals surface area contributed by atoms with Crippen molar-refractivity contribution >= 4 is 40.3 Å². The number of rotatable bonds is 6. The topological polar surface area (TPSA) is 99.9 Å². The number of methoxy groups -OCH3 is 3. The average molecular weight is 473 g/mol. The zero-order valence-electron chi connectivity index (χ0n) is 18.7. The minimum atomic E-state index is -0.743. The maximum Gasteiger partial charge on any atom is 0.344 e. The molecule has 3 aromatic rings. The van der Waals surface area contributed by atoms with Crippen LogP contribution in [0.25, 0.3) is 22.2 Å². The molecule has 33 heavy (non-hydrogen) atoms. The first-order chi connectivity index (χ1) is 16.0. The smallest absolute Gasteiger partial charge is 0.344 e. The van der Waals surface area contributed by atoms with Gasteiger partial charge in [0.1, 0.15) is 22.0 Å². The van der Waals surface area contributed by atoms with Gasteiger partial charge < -0.3 is 23.9 Å². The summed E-state index contributed by atoms with van der Waals surface area (Å²) in [6.45, 7) is 0. The van der Waals surface area contributed by atoms with Crippen LogP contribution >= 0.6 is 11.6 Å². The summed E-state index contributed by atoms with van der Waals surface area (Å²) >= 11 is 6.51. The number of nitrogens with one attached hydrogen (secondary N) is 1. The van der Waals surface area contributed by atoms with E-state index in [2.05, 4.69) is 10.3 Å². The van der Waals surface area contributed by atoms with Gasteiger partial charge in [0, 0.05) is 11.4 Å². The van der Waals surface area contributed by atoms with Crippen molar-refractivity contribution in [3.63, 3.8) is 0 Å². The van der Waals surface area contributed by atoms with Gasteiger partial charge in [0.25, 0.3) is 0 Å². The molecule has 1 N–H and O–H groups in total. The van der Waals surface area contributed by atoms with E-state index in [1.165, 1.54) is 20.6 Å². The highest BCUT2D eigenvalue weighted by atomic mass is 35.5. The molecule has 0 saturated heterocycles. The summed E-state index contributed by atoms with van der Waals surface area (Å²) in [5.74, 6) is -0.572. The molecule has 4 rings (SSSR count). The van der Waals surface area contributed by atoms with Crippen LogP contribution in [-0.4, -0.2) is 44.3 Å². The molecule has 1 aliphatic carbocycles. The molecule has 9 heteroatoms. The molecule has 0 bridgehead atoms. The number of esters is 2. The minimum absolute atomic E-state index is 0.0215. The van der Waals surface area contributed by atoms with E-state index >= 15 is 0 Å². The molecule has 0 amide bonds. The quantitative estimate of drug-likeness (QED) is 0.372. The third kappa shape index (κ3) is 4.48. The van der Waals surface area contributed by atoms with Gasteiger partial charge in [0.15, 0.2) is 5.76 Å². The molecule has 2 aromatic heterocycles. The molecular formula is C24H25ClN2O6. The van der Waals surface area contributed by atoms with E-state index < -0.39 is 11.9 Å². The zero-order chi connectivity index (χ0) is 23.5. The van der Waals surface area contributed by atoms with Gasteiger partial charge in [-0.05, 0) is 37.1 Å². The Morgan fingerprint density at radius 2 is 1.73 bits per heavy atom. The number of nitrogens with zero attached hydrogens (tertiary/aromatic N) is 1. The minimum Gasteiger partial charge on any atom is -0.497 e. The van der Waals surface area contributed by atoms with Crippen molar-refractivity contribution in [2.24, 2.45) is 0 Å². The molecule has 0 spiro atoms. The number of halogens is 1. The molecule has 0 unspecified atom stereocenters.